The van der Waals surface area contributed by atoms with Crippen LogP contribution >= 0.6 is 0 Å². The van der Waals surface area contributed by atoms with E-state index in [0.717, 1.165) is 32.3 Å². The molecule has 0 aliphatic heterocycles. The summed E-state index contributed by atoms with van der Waals surface area (Å²) in [5, 5.41) is 6.40. The molecule has 0 aromatic heterocycles. The molecule has 1 amide bonds. The fourth-order valence-electron chi connectivity index (χ4n) is 2.89. The first-order chi connectivity index (χ1) is 9.25. The van der Waals surface area contributed by atoms with Gasteiger partial charge in [-0.15, -0.1) is 0 Å². The fraction of sp³-hybridized carbons (Fsp3) is 0. The molecule has 0 aliphatic rings. The van der Waals surface area contributed by atoms with Gasteiger partial charge in [0, 0.05) is 5.56 Å². The largest absolute Gasteiger partial charge is 0.366 e. The van der Waals surface area contributed by atoms with E-state index in [1.165, 1.54) is 0 Å². The van der Waals surface area contributed by atoms with Crippen molar-refractivity contribution >= 4 is 38.2 Å². The molecule has 4 rings (SSSR count). The maximum Gasteiger partial charge on any atom is 0.249 e. The van der Waals surface area contributed by atoms with Crippen LogP contribution in [0.4, 0.5) is 0 Å². The first-order valence-electron chi connectivity index (χ1n) is 6.14. The van der Waals surface area contributed by atoms with Crippen molar-refractivity contribution in [3.63, 3.8) is 0 Å². The molecule has 4 aromatic carbocycles. The number of nitrogens with two attached hydrogens (primary N) is 1. The Morgan fingerprint density at radius 2 is 1.89 bits per heavy atom. The molecule has 0 fully saturated rings. The summed E-state index contributed by atoms with van der Waals surface area (Å²) in [4.78, 5) is 11.7. The van der Waals surface area contributed by atoms with Crippen LogP contribution in [0.5, 0.6) is 0 Å². The average Bonchev–Trinajstić information content (AvgIpc) is 2.44. The molecule has 19 heavy (non-hydrogen) atoms. The molecule has 1 radical (unpaired) electrons. The number of amides is 1. The van der Waals surface area contributed by atoms with Gasteiger partial charge in [0.05, 0.1) is 0 Å². The Hall–Kier alpha value is -2.61. The number of primary amides is 1. The van der Waals surface area contributed by atoms with E-state index in [9.17, 15) is 4.79 Å². The molecule has 2 N–H and O–H groups in total. The van der Waals surface area contributed by atoms with Gasteiger partial charge in [0.15, 0.2) is 0 Å². The molecule has 0 unspecified atom stereocenters. The van der Waals surface area contributed by atoms with Gasteiger partial charge in [-0.3, -0.25) is 4.79 Å². The van der Waals surface area contributed by atoms with Gasteiger partial charge in [-0.2, -0.15) is 0 Å². The number of benzene rings is 4. The SMILES string of the molecule is NC(=O)c1cc2cc[c]c3ccc4cccc1c4c32. The minimum absolute atomic E-state index is 0.386. The molecule has 89 valence electrons. The lowest BCUT2D eigenvalue weighted by Crippen LogP contribution is -2.11. The van der Waals surface area contributed by atoms with Crippen molar-refractivity contribution in [2.45, 2.75) is 0 Å². The average molecular weight is 244 g/mol. The maximum atomic E-state index is 11.7. The highest BCUT2D eigenvalue weighted by Crippen LogP contribution is 2.35. The minimum Gasteiger partial charge on any atom is -0.366 e. The van der Waals surface area contributed by atoms with Crippen LogP contribution in [0.1, 0.15) is 10.4 Å². The Morgan fingerprint density at radius 1 is 1.00 bits per heavy atom. The summed E-state index contributed by atoms with van der Waals surface area (Å²) < 4.78 is 0. The summed E-state index contributed by atoms with van der Waals surface area (Å²) in [6, 6.07) is 19.1. The minimum atomic E-state index is -0.386. The molecule has 2 nitrogen and oxygen atoms in total. The Balaban J connectivity index is 2.42. The van der Waals surface area contributed by atoms with Gasteiger partial charge >= 0.3 is 0 Å². The third-order valence-electron chi connectivity index (χ3n) is 3.69. The summed E-state index contributed by atoms with van der Waals surface area (Å²) in [5.41, 5.74) is 6.09. The molecule has 4 aromatic rings. The lowest BCUT2D eigenvalue weighted by molar-refractivity contribution is 0.100. The fourth-order valence-corrected chi connectivity index (χ4v) is 2.89. The predicted octanol–water partition coefficient (Wildman–Crippen LogP) is 3.48. The van der Waals surface area contributed by atoms with Crippen molar-refractivity contribution in [1.29, 1.82) is 0 Å². The Bertz CT molecular complexity index is 940. The Kier molecular flexibility index (Phi) is 1.88. The van der Waals surface area contributed by atoms with Gasteiger partial charge in [0.25, 0.3) is 0 Å². The predicted molar refractivity (Wildman–Crippen MR) is 77.5 cm³/mol. The van der Waals surface area contributed by atoms with E-state index in [1.54, 1.807) is 0 Å². The van der Waals surface area contributed by atoms with Gasteiger partial charge in [0.2, 0.25) is 5.91 Å². The zero-order valence-electron chi connectivity index (χ0n) is 10.1. The molecule has 2 heteroatoms. The maximum absolute atomic E-state index is 11.7. The van der Waals surface area contributed by atoms with Gasteiger partial charge in [-0.1, -0.05) is 42.5 Å². The molecular formula is C17H10NO. The van der Waals surface area contributed by atoms with Crippen LogP contribution in [-0.2, 0) is 0 Å². The quantitative estimate of drug-likeness (QED) is 0.512. The van der Waals surface area contributed by atoms with Gasteiger partial charge in [-0.25, -0.2) is 0 Å². The van der Waals surface area contributed by atoms with Crippen molar-refractivity contribution in [2.75, 3.05) is 0 Å². The van der Waals surface area contributed by atoms with E-state index < -0.39 is 0 Å². The summed E-state index contributed by atoms with van der Waals surface area (Å²) in [6.45, 7) is 0. The highest BCUT2D eigenvalue weighted by atomic mass is 16.1. The van der Waals surface area contributed by atoms with Crippen LogP contribution in [0.3, 0.4) is 0 Å². The highest BCUT2D eigenvalue weighted by molar-refractivity contribution is 6.27. The molecule has 0 spiro atoms. The van der Waals surface area contributed by atoms with Crippen LogP contribution < -0.4 is 5.73 Å². The molecule has 0 heterocycles. The standard InChI is InChI=1S/C17H10NO/c18-17(19)14-9-12-5-1-3-10-7-8-11-4-2-6-13(14)16(11)15(10)12/h1-2,4-9H,(H2,18,19). The van der Waals surface area contributed by atoms with Crippen LogP contribution in [-0.4, -0.2) is 5.91 Å². The molecule has 0 saturated heterocycles. The first kappa shape index (κ1) is 10.3. The summed E-state index contributed by atoms with van der Waals surface area (Å²) in [5.74, 6) is -0.386. The summed E-state index contributed by atoms with van der Waals surface area (Å²) >= 11 is 0. The van der Waals surface area contributed by atoms with Gasteiger partial charge in [-0.05, 0) is 44.5 Å². The van der Waals surface area contributed by atoms with Crippen LogP contribution in [0.15, 0.2) is 48.5 Å². The number of rotatable bonds is 1. The number of carbonyl (C=O) groups excluding carboxylic acids is 1. The molecule has 0 saturated carbocycles. The smallest absolute Gasteiger partial charge is 0.249 e. The zero-order valence-corrected chi connectivity index (χ0v) is 10.1. The lowest BCUT2D eigenvalue weighted by Gasteiger charge is -2.12. The lowest BCUT2D eigenvalue weighted by atomic mass is 9.91. The third kappa shape index (κ3) is 1.28. The second-order valence-corrected chi connectivity index (χ2v) is 4.75. The van der Waals surface area contributed by atoms with E-state index in [1.807, 2.05) is 30.3 Å². The Labute approximate surface area is 109 Å². The summed E-state index contributed by atoms with van der Waals surface area (Å²) in [6.07, 6.45) is 0. The van der Waals surface area contributed by atoms with E-state index >= 15 is 0 Å². The van der Waals surface area contributed by atoms with Crippen molar-refractivity contribution < 1.29 is 4.79 Å². The monoisotopic (exact) mass is 244 g/mol. The zero-order chi connectivity index (χ0) is 13.0. The normalized spacial score (nSPS) is 11.6. The number of hydrogen-bond donors (Lipinski definition) is 1. The molecule has 0 aliphatic carbocycles. The summed E-state index contributed by atoms with van der Waals surface area (Å²) in [7, 11) is 0. The highest BCUT2D eigenvalue weighted by Gasteiger charge is 2.13. The molecular weight excluding hydrogens is 234 g/mol. The van der Waals surface area contributed by atoms with Gasteiger partial charge < -0.3 is 5.73 Å². The van der Waals surface area contributed by atoms with E-state index in [4.69, 9.17) is 5.73 Å². The second kappa shape index (κ2) is 3.45. The van der Waals surface area contributed by atoms with Gasteiger partial charge in [0.1, 0.15) is 0 Å². The van der Waals surface area contributed by atoms with E-state index in [0.29, 0.717) is 5.56 Å². The first-order valence-corrected chi connectivity index (χ1v) is 6.14. The van der Waals surface area contributed by atoms with Crippen molar-refractivity contribution in [3.8, 4) is 0 Å². The molecule has 0 bridgehead atoms. The van der Waals surface area contributed by atoms with Crippen molar-refractivity contribution in [2.24, 2.45) is 5.73 Å². The Morgan fingerprint density at radius 3 is 2.74 bits per heavy atom. The third-order valence-corrected chi connectivity index (χ3v) is 3.69. The number of carbonyl (C=O) groups is 1. The van der Waals surface area contributed by atoms with Crippen molar-refractivity contribution in [1.82, 2.24) is 0 Å². The van der Waals surface area contributed by atoms with Crippen LogP contribution in [0, 0.1) is 6.07 Å². The second-order valence-electron chi connectivity index (χ2n) is 4.75. The van der Waals surface area contributed by atoms with Crippen LogP contribution in [0.25, 0.3) is 32.3 Å². The van der Waals surface area contributed by atoms with E-state index in [2.05, 4.69) is 24.3 Å². The number of hydrogen-bond acceptors (Lipinski definition) is 1. The topological polar surface area (TPSA) is 43.1 Å². The van der Waals surface area contributed by atoms with E-state index in [-0.39, 0.29) is 5.91 Å². The molecule has 0 atom stereocenters. The van der Waals surface area contributed by atoms with Crippen molar-refractivity contribution in [3.05, 3.63) is 60.2 Å². The van der Waals surface area contributed by atoms with Crippen LogP contribution in [0.2, 0.25) is 0 Å².